The Hall–Kier alpha value is -1.94. The Labute approximate surface area is 117 Å². The van der Waals surface area contributed by atoms with E-state index >= 15 is 0 Å². The highest BCUT2D eigenvalue weighted by atomic mass is 19.1. The van der Waals surface area contributed by atoms with Gasteiger partial charge in [0.25, 0.3) is 0 Å². The van der Waals surface area contributed by atoms with Crippen molar-refractivity contribution in [1.82, 2.24) is 0 Å². The Morgan fingerprint density at radius 1 is 1.05 bits per heavy atom. The molecule has 1 unspecified atom stereocenters. The first kappa shape index (κ1) is 14.5. The van der Waals surface area contributed by atoms with Crippen molar-refractivity contribution in [3.8, 4) is 0 Å². The van der Waals surface area contributed by atoms with Crippen molar-refractivity contribution in [3.05, 3.63) is 65.2 Å². The molecule has 2 aromatic carbocycles. The van der Waals surface area contributed by atoms with Gasteiger partial charge in [-0.05, 0) is 42.8 Å². The summed E-state index contributed by atoms with van der Waals surface area (Å²) in [6.07, 6.45) is -0.753. The van der Waals surface area contributed by atoms with E-state index in [9.17, 15) is 13.9 Å². The number of anilines is 1. The monoisotopic (exact) mass is 277 g/mol. The van der Waals surface area contributed by atoms with Crippen LogP contribution < -0.4 is 4.90 Å². The van der Waals surface area contributed by atoms with Crippen LogP contribution in [-0.4, -0.2) is 12.2 Å². The Morgan fingerprint density at radius 2 is 1.65 bits per heavy atom. The lowest BCUT2D eigenvalue weighted by Crippen LogP contribution is -2.18. The van der Waals surface area contributed by atoms with Crippen LogP contribution in [0.5, 0.6) is 0 Å². The maximum Gasteiger partial charge on any atom is 0.123 e. The Bertz CT molecular complexity index is 582. The molecule has 0 heterocycles. The van der Waals surface area contributed by atoms with Gasteiger partial charge in [-0.15, -0.1) is 0 Å². The van der Waals surface area contributed by atoms with Crippen LogP contribution in [0.3, 0.4) is 0 Å². The minimum Gasteiger partial charge on any atom is -0.389 e. The Kier molecular flexibility index (Phi) is 4.35. The second-order valence-corrected chi connectivity index (χ2v) is 4.86. The third-order valence-electron chi connectivity index (χ3n) is 3.18. The van der Waals surface area contributed by atoms with Gasteiger partial charge in [-0.2, -0.15) is 0 Å². The maximum absolute atomic E-state index is 13.3. The molecule has 0 radical (unpaired) electrons. The number of nitrogens with zero attached hydrogens (tertiary/aromatic N) is 1. The van der Waals surface area contributed by atoms with Crippen LogP contribution in [0.4, 0.5) is 14.5 Å². The van der Waals surface area contributed by atoms with Gasteiger partial charge in [0.1, 0.15) is 11.6 Å². The lowest BCUT2D eigenvalue weighted by Gasteiger charge is -2.24. The molecule has 0 spiro atoms. The number of hydrogen-bond donors (Lipinski definition) is 1. The summed E-state index contributed by atoms with van der Waals surface area (Å²) in [7, 11) is 1.85. The average molecular weight is 277 g/mol. The molecule has 20 heavy (non-hydrogen) atoms. The van der Waals surface area contributed by atoms with Gasteiger partial charge in [0.15, 0.2) is 0 Å². The molecule has 2 aromatic rings. The summed E-state index contributed by atoms with van der Waals surface area (Å²) >= 11 is 0. The van der Waals surface area contributed by atoms with E-state index in [2.05, 4.69) is 0 Å². The van der Waals surface area contributed by atoms with Gasteiger partial charge in [0.05, 0.1) is 6.10 Å². The van der Waals surface area contributed by atoms with Crippen molar-refractivity contribution in [2.75, 3.05) is 11.9 Å². The van der Waals surface area contributed by atoms with Gasteiger partial charge in [0.2, 0.25) is 0 Å². The van der Waals surface area contributed by atoms with Crippen LogP contribution in [0.2, 0.25) is 0 Å². The lowest BCUT2D eigenvalue weighted by molar-refractivity contribution is 0.199. The quantitative estimate of drug-likeness (QED) is 0.922. The fourth-order valence-corrected chi connectivity index (χ4v) is 2.16. The minimum atomic E-state index is -0.753. The van der Waals surface area contributed by atoms with Crippen molar-refractivity contribution in [3.63, 3.8) is 0 Å². The molecule has 4 heteroatoms. The molecule has 106 valence electrons. The molecule has 0 aliphatic heterocycles. The Balaban J connectivity index is 2.24. The maximum atomic E-state index is 13.3. The molecular formula is C16H17F2NO. The number of benzene rings is 2. The van der Waals surface area contributed by atoms with Crippen LogP contribution in [-0.2, 0) is 6.54 Å². The molecule has 2 nitrogen and oxygen atoms in total. The van der Waals surface area contributed by atoms with Gasteiger partial charge in [-0.3, -0.25) is 0 Å². The highest BCUT2D eigenvalue weighted by molar-refractivity contribution is 5.54. The standard InChI is InChI=1S/C16H17F2NO/c1-11(20)15-9-14(18)7-8-16(15)19(2)10-12-3-5-13(17)6-4-12/h3-9,11,20H,10H2,1-2H3. The van der Waals surface area contributed by atoms with Crippen LogP contribution in [0.25, 0.3) is 0 Å². The van der Waals surface area contributed by atoms with Gasteiger partial charge in [-0.1, -0.05) is 12.1 Å². The first-order valence-electron chi connectivity index (χ1n) is 6.40. The number of rotatable bonds is 4. The highest BCUT2D eigenvalue weighted by Gasteiger charge is 2.13. The molecule has 0 aromatic heterocycles. The second kappa shape index (κ2) is 6.01. The van der Waals surface area contributed by atoms with E-state index in [1.807, 2.05) is 11.9 Å². The van der Waals surface area contributed by atoms with Crippen molar-refractivity contribution in [2.24, 2.45) is 0 Å². The van der Waals surface area contributed by atoms with E-state index in [4.69, 9.17) is 0 Å². The molecule has 0 aliphatic rings. The number of halogens is 2. The molecule has 0 fully saturated rings. The SMILES string of the molecule is CC(O)c1cc(F)ccc1N(C)Cc1ccc(F)cc1. The first-order chi connectivity index (χ1) is 9.47. The van der Waals surface area contributed by atoms with Crippen molar-refractivity contribution >= 4 is 5.69 Å². The van der Waals surface area contributed by atoms with Crippen LogP contribution >= 0.6 is 0 Å². The topological polar surface area (TPSA) is 23.5 Å². The Morgan fingerprint density at radius 3 is 2.25 bits per heavy atom. The average Bonchev–Trinajstić information content (AvgIpc) is 2.41. The molecule has 2 rings (SSSR count). The zero-order valence-corrected chi connectivity index (χ0v) is 11.5. The third-order valence-corrected chi connectivity index (χ3v) is 3.18. The lowest BCUT2D eigenvalue weighted by atomic mass is 10.1. The zero-order valence-electron chi connectivity index (χ0n) is 11.5. The molecule has 1 atom stereocenters. The summed E-state index contributed by atoms with van der Waals surface area (Å²) < 4.78 is 26.1. The van der Waals surface area contributed by atoms with E-state index < -0.39 is 6.10 Å². The smallest absolute Gasteiger partial charge is 0.123 e. The van der Waals surface area contributed by atoms with Gasteiger partial charge < -0.3 is 10.0 Å². The second-order valence-electron chi connectivity index (χ2n) is 4.86. The van der Waals surface area contributed by atoms with E-state index in [-0.39, 0.29) is 11.6 Å². The first-order valence-corrected chi connectivity index (χ1v) is 6.40. The summed E-state index contributed by atoms with van der Waals surface area (Å²) in [5, 5.41) is 9.74. The summed E-state index contributed by atoms with van der Waals surface area (Å²) in [4.78, 5) is 1.90. The van der Waals surface area contributed by atoms with E-state index in [0.29, 0.717) is 12.1 Å². The molecule has 0 aliphatic carbocycles. The van der Waals surface area contributed by atoms with E-state index in [1.54, 1.807) is 25.1 Å². The predicted octanol–water partition coefficient (Wildman–Crippen LogP) is 3.65. The zero-order chi connectivity index (χ0) is 14.7. The van der Waals surface area contributed by atoms with Crippen LogP contribution in [0, 0.1) is 11.6 Å². The van der Waals surface area contributed by atoms with Gasteiger partial charge in [-0.25, -0.2) is 8.78 Å². The van der Waals surface area contributed by atoms with Gasteiger partial charge in [0, 0.05) is 24.8 Å². The molecule has 0 amide bonds. The molecule has 1 N–H and O–H groups in total. The normalized spacial score (nSPS) is 12.2. The number of hydrogen-bond acceptors (Lipinski definition) is 2. The van der Waals surface area contributed by atoms with Crippen molar-refractivity contribution < 1.29 is 13.9 Å². The fourth-order valence-electron chi connectivity index (χ4n) is 2.16. The molecule has 0 saturated heterocycles. The predicted molar refractivity (Wildman–Crippen MR) is 75.5 cm³/mol. The van der Waals surface area contributed by atoms with Crippen molar-refractivity contribution in [1.29, 1.82) is 0 Å². The summed E-state index contributed by atoms with van der Waals surface area (Å²) in [6, 6.07) is 10.6. The minimum absolute atomic E-state index is 0.275. The van der Waals surface area contributed by atoms with E-state index in [0.717, 1.165) is 11.3 Å². The number of aliphatic hydroxyl groups is 1. The third kappa shape index (κ3) is 3.33. The molecule has 0 bridgehead atoms. The van der Waals surface area contributed by atoms with Gasteiger partial charge >= 0.3 is 0 Å². The highest BCUT2D eigenvalue weighted by Crippen LogP contribution is 2.27. The van der Waals surface area contributed by atoms with Crippen LogP contribution in [0.15, 0.2) is 42.5 Å². The summed E-state index contributed by atoms with van der Waals surface area (Å²) in [6.45, 7) is 2.15. The van der Waals surface area contributed by atoms with Crippen LogP contribution in [0.1, 0.15) is 24.2 Å². The summed E-state index contributed by atoms with van der Waals surface area (Å²) in [5.74, 6) is -0.650. The summed E-state index contributed by atoms with van der Waals surface area (Å²) in [5.41, 5.74) is 2.23. The number of aliphatic hydroxyl groups excluding tert-OH is 1. The molecular weight excluding hydrogens is 260 g/mol. The van der Waals surface area contributed by atoms with Crippen molar-refractivity contribution in [2.45, 2.75) is 19.6 Å². The largest absolute Gasteiger partial charge is 0.389 e. The fraction of sp³-hybridized carbons (Fsp3) is 0.250. The van der Waals surface area contributed by atoms with E-state index in [1.165, 1.54) is 24.3 Å². The molecule has 0 saturated carbocycles.